The third kappa shape index (κ3) is 2.96. The number of carbonyl (C=O) groups is 1. The molecular formula is C25H31NO10. The van der Waals surface area contributed by atoms with Crippen LogP contribution in [0, 0.1) is 0 Å². The number of hydrogen-bond acceptors (Lipinski definition) is 10. The van der Waals surface area contributed by atoms with E-state index in [4.69, 9.17) is 14.2 Å². The van der Waals surface area contributed by atoms with Crippen molar-refractivity contribution in [1.29, 1.82) is 0 Å². The molecule has 3 aliphatic heterocycles. The second kappa shape index (κ2) is 8.12. The van der Waals surface area contributed by atoms with Crippen molar-refractivity contribution in [2.45, 2.75) is 85.7 Å². The van der Waals surface area contributed by atoms with Gasteiger partial charge in [0, 0.05) is 18.2 Å². The summed E-state index contributed by atoms with van der Waals surface area (Å²) >= 11 is 0. The first kappa shape index (κ1) is 24.1. The molecule has 0 aromatic heterocycles. The Bertz CT molecular complexity index is 1100. The van der Waals surface area contributed by atoms with E-state index in [0.717, 1.165) is 11.1 Å². The van der Waals surface area contributed by atoms with Crippen LogP contribution in [0.1, 0.15) is 30.4 Å². The third-order valence-electron chi connectivity index (χ3n) is 8.95. The second-order valence-corrected chi connectivity index (χ2v) is 10.6. The Morgan fingerprint density at radius 2 is 1.97 bits per heavy atom. The van der Waals surface area contributed by atoms with Crippen molar-refractivity contribution in [1.82, 2.24) is 4.90 Å². The number of piperidine rings is 1. The van der Waals surface area contributed by atoms with Gasteiger partial charge in [-0.15, -0.1) is 6.58 Å². The molecule has 2 bridgehead atoms. The molecule has 36 heavy (non-hydrogen) atoms. The molecule has 2 aliphatic carbocycles. The van der Waals surface area contributed by atoms with E-state index >= 15 is 0 Å². The molecule has 11 nitrogen and oxygen atoms in total. The highest BCUT2D eigenvalue weighted by Gasteiger charge is 2.72. The molecule has 1 spiro atoms. The monoisotopic (exact) mass is 505 g/mol. The van der Waals surface area contributed by atoms with Crippen LogP contribution in [0.2, 0.25) is 0 Å². The first-order chi connectivity index (χ1) is 17.1. The molecule has 1 aromatic carbocycles. The van der Waals surface area contributed by atoms with Crippen LogP contribution in [-0.2, 0) is 21.4 Å². The number of benzene rings is 1. The lowest BCUT2D eigenvalue weighted by molar-refractivity contribution is -0.271. The summed E-state index contributed by atoms with van der Waals surface area (Å²) in [4.78, 5) is 13.7. The van der Waals surface area contributed by atoms with Gasteiger partial charge in [-0.2, -0.15) is 0 Å². The zero-order valence-electron chi connectivity index (χ0n) is 19.6. The number of rotatable bonds is 5. The van der Waals surface area contributed by atoms with Gasteiger partial charge in [-0.3, -0.25) is 4.90 Å². The van der Waals surface area contributed by atoms with Crippen molar-refractivity contribution in [2.24, 2.45) is 0 Å². The fourth-order valence-corrected chi connectivity index (χ4v) is 7.35. The predicted octanol–water partition coefficient (Wildman–Crippen LogP) is -1.34. The topological polar surface area (TPSA) is 169 Å². The molecule has 1 saturated carbocycles. The molecule has 6 rings (SSSR count). The van der Waals surface area contributed by atoms with E-state index in [2.05, 4.69) is 11.5 Å². The molecule has 10 atom stereocenters. The van der Waals surface area contributed by atoms with Gasteiger partial charge in [0.25, 0.3) is 0 Å². The zero-order chi connectivity index (χ0) is 25.6. The van der Waals surface area contributed by atoms with E-state index in [1.807, 2.05) is 12.1 Å². The Hall–Kier alpha value is -2.25. The number of likely N-dealkylation sites (tertiary alicyclic amines) is 1. The van der Waals surface area contributed by atoms with E-state index in [1.54, 1.807) is 6.07 Å². The zero-order valence-corrected chi connectivity index (χ0v) is 19.6. The quantitative estimate of drug-likeness (QED) is 0.262. The molecule has 11 heteroatoms. The third-order valence-corrected chi connectivity index (χ3v) is 8.95. The first-order valence-electron chi connectivity index (χ1n) is 12.3. The molecule has 0 amide bonds. The number of hydrogen-bond donors (Lipinski definition) is 6. The number of carboxylic acid groups (broad SMARTS) is 1. The first-order valence-corrected chi connectivity index (χ1v) is 12.3. The second-order valence-electron chi connectivity index (χ2n) is 10.6. The number of ether oxygens (including phenoxy) is 3. The average molecular weight is 506 g/mol. The minimum atomic E-state index is -1.84. The lowest BCUT2D eigenvalue weighted by Gasteiger charge is -2.63. The van der Waals surface area contributed by atoms with Crippen molar-refractivity contribution >= 4 is 5.97 Å². The van der Waals surface area contributed by atoms with E-state index < -0.39 is 59.9 Å². The number of nitrogens with zero attached hydrogens (tertiary/aromatic N) is 1. The number of aliphatic carboxylic acids is 1. The maximum Gasteiger partial charge on any atom is 0.335 e. The van der Waals surface area contributed by atoms with Crippen LogP contribution in [0.5, 0.6) is 11.5 Å². The Labute approximate surface area is 207 Å². The standard InChI is InChI=1S/C25H31NO10/c1-2-8-26-9-7-24-15-11-3-4-13(34-23-18(30)16(28)17(29)20(36-23)22(31)32)19(15)35-21(24)12(27)5-6-25(24,33)14(26)10-11/h2-4,12,14,16-18,20-21,23,27-30,33H,1,5-10H2,(H,31,32)/t12-,14+,16-,17-,18-,20-,21-,23+,24-,25+/m0/s1. The van der Waals surface area contributed by atoms with Gasteiger partial charge >= 0.3 is 5.97 Å². The summed E-state index contributed by atoms with van der Waals surface area (Å²) in [5.74, 6) is -1.06. The highest BCUT2D eigenvalue weighted by Crippen LogP contribution is 2.65. The molecule has 5 aliphatic rings. The SMILES string of the molecule is C=CCN1CC[C@]23c4c5ccc(O[C@@H]6O[C@H](C(=O)O)[C@@H](O)[C@H](O)[C@@H]6O)c4O[C@H]2[C@@H](O)CC[C@@]3(O)[C@H]1C5. The lowest BCUT2D eigenvalue weighted by atomic mass is 9.48. The normalized spacial score (nSPS) is 44.9. The molecular weight excluding hydrogens is 474 g/mol. The van der Waals surface area contributed by atoms with Crippen molar-refractivity contribution in [2.75, 3.05) is 13.1 Å². The van der Waals surface area contributed by atoms with E-state index in [0.29, 0.717) is 44.5 Å². The fraction of sp³-hybridized carbons (Fsp3) is 0.640. The molecule has 3 heterocycles. The lowest BCUT2D eigenvalue weighted by Crippen LogP contribution is -2.77. The van der Waals surface area contributed by atoms with Gasteiger partial charge < -0.3 is 44.8 Å². The van der Waals surface area contributed by atoms with Crippen LogP contribution < -0.4 is 9.47 Å². The maximum absolute atomic E-state index is 12.2. The smallest absolute Gasteiger partial charge is 0.335 e. The molecule has 1 aromatic rings. The maximum atomic E-state index is 12.2. The van der Waals surface area contributed by atoms with Crippen LogP contribution >= 0.6 is 0 Å². The average Bonchev–Trinajstić information content (AvgIpc) is 3.20. The van der Waals surface area contributed by atoms with Crippen molar-refractivity contribution in [3.8, 4) is 11.5 Å². The predicted molar refractivity (Wildman–Crippen MR) is 122 cm³/mol. The van der Waals surface area contributed by atoms with E-state index in [9.17, 15) is 35.4 Å². The summed E-state index contributed by atoms with van der Waals surface area (Å²) in [5, 5.41) is 63.2. The Morgan fingerprint density at radius 1 is 1.19 bits per heavy atom. The van der Waals surface area contributed by atoms with Gasteiger partial charge in [0.1, 0.15) is 24.4 Å². The van der Waals surface area contributed by atoms with Crippen molar-refractivity contribution in [3.63, 3.8) is 0 Å². The van der Waals surface area contributed by atoms with Gasteiger partial charge in [0.2, 0.25) is 6.29 Å². The Morgan fingerprint density at radius 3 is 2.69 bits per heavy atom. The molecule has 6 N–H and O–H groups in total. The highest BCUT2D eigenvalue weighted by molar-refractivity contribution is 5.73. The van der Waals surface area contributed by atoms with Gasteiger partial charge in [-0.05, 0) is 43.9 Å². The van der Waals surface area contributed by atoms with Crippen LogP contribution in [0.15, 0.2) is 24.8 Å². The van der Waals surface area contributed by atoms with Crippen LogP contribution in [-0.4, -0.2) is 109 Å². The van der Waals surface area contributed by atoms with Crippen LogP contribution in [0.3, 0.4) is 0 Å². The Kier molecular flexibility index (Phi) is 5.44. The number of aliphatic hydroxyl groups excluding tert-OH is 4. The fourth-order valence-electron chi connectivity index (χ4n) is 7.35. The minimum absolute atomic E-state index is 0.135. The summed E-state index contributed by atoms with van der Waals surface area (Å²) in [5.41, 5.74) is -0.284. The van der Waals surface area contributed by atoms with Crippen LogP contribution in [0.25, 0.3) is 0 Å². The summed E-state index contributed by atoms with van der Waals surface area (Å²) in [6.07, 6.45) is -6.57. The highest BCUT2D eigenvalue weighted by atomic mass is 16.7. The Balaban J connectivity index is 1.42. The molecule has 3 fully saturated rings. The number of carboxylic acids is 1. The van der Waals surface area contributed by atoms with Crippen molar-refractivity contribution in [3.05, 3.63) is 35.9 Å². The van der Waals surface area contributed by atoms with Crippen LogP contribution in [0.4, 0.5) is 0 Å². The summed E-state index contributed by atoms with van der Waals surface area (Å²) in [7, 11) is 0. The van der Waals surface area contributed by atoms with E-state index in [1.165, 1.54) is 0 Å². The minimum Gasteiger partial charge on any atom is -0.482 e. The molecule has 2 saturated heterocycles. The van der Waals surface area contributed by atoms with E-state index in [-0.39, 0.29) is 11.8 Å². The van der Waals surface area contributed by atoms with Gasteiger partial charge in [0.05, 0.1) is 17.1 Å². The largest absolute Gasteiger partial charge is 0.482 e. The summed E-state index contributed by atoms with van der Waals surface area (Å²) in [6.45, 7) is 5.18. The number of aliphatic hydroxyl groups is 5. The van der Waals surface area contributed by atoms with Gasteiger partial charge in [0.15, 0.2) is 17.6 Å². The van der Waals surface area contributed by atoms with Gasteiger partial charge in [-0.1, -0.05) is 12.1 Å². The summed E-state index contributed by atoms with van der Waals surface area (Å²) in [6, 6.07) is 3.29. The van der Waals surface area contributed by atoms with Crippen molar-refractivity contribution < 1.29 is 49.6 Å². The summed E-state index contributed by atoms with van der Waals surface area (Å²) < 4.78 is 17.5. The van der Waals surface area contributed by atoms with Gasteiger partial charge in [-0.25, -0.2) is 4.79 Å². The molecule has 196 valence electrons. The molecule has 0 radical (unpaired) electrons. The molecule has 0 unspecified atom stereocenters.